The van der Waals surface area contributed by atoms with Crippen LogP contribution in [0.15, 0.2) is 42.5 Å². The Bertz CT molecular complexity index is 896. The molecule has 24 heavy (non-hydrogen) atoms. The Hall–Kier alpha value is -2.41. The molecule has 0 saturated heterocycles. The summed E-state index contributed by atoms with van der Waals surface area (Å²) in [6, 6.07) is 10.6. The van der Waals surface area contributed by atoms with Gasteiger partial charge in [0.05, 0.1) is 11.4 Å². The standard InChI is InChI=1S/C17H17FN2O3S/c1-2-24(22,23)20-9-8-12-10-13(6-7-16(12)20)17(21)19-15-5-3-4-14(18)11-15/h3-7,10-11H,2,8-9H2,1H3,(H,19,21). The lowest BCUT2D eigenvalue weighted by Crippen LogP contribution is -2.30. The second kappa shape index (κ2) is 6.24. The highest BCUT2D eigenvalue weighted by Crippen LogP contribution is 2.31. The molecule has 1 amide bonds. The molecular formula is C17H17FN2O3S. The third kappa shape index (κ3) is 3.12. The summed E-state index contributed by atoms with van der Waals surface area (Å²) in [6.45, 7) is 1.99. The molecule has 5 nitrogen and oxygen atoms in total. The Morgan fingerprint density at radius 3 is 2.75 bits per heavy atom. The third-order valence-electron chi connectivity index (χ3n) is 3.98. The van der Waals surface area contributed by atoms with Gasteiger partial charge in [0.15, 0.2) is 0 Å². The average Bonchev–Trinajstić information content (AvgIpc) is 2.98. The van der Waals surface area contributed by atoms with Crippen LogP contribution in [0.1, 0.15) is 22.8 Å². The number of amides is 1. The van der Waals surface area contributed by atoms with E-state index >= 15 is 0 Å². The maximum absolute atomic E-state index is 13.2. The monoisotopic (exact) mass is 348 g/mol. The molecule has 2 aromatic carbocycles. The number of carbonyl (C=O) groups is 1. The molecule has 0 aromatic heterocycles. The number of rotatable bonds is 4. The van der Waals surface area contributed by atoms with E-state index in [2.05, 4.69) is 5.32 Å². The Morgan fingerprint density at radius 1 is 1.25 bits per heavy atom. The number of anilines is 2. The maximum atomic E-state index is 13.2. The molecule has 1 heterocycles. The van der Waals surface area contributed by atoms with Gasteiger partial charge in [-0.15, -0.1) is 0 Å². The van der Waals surface area contributed by atoms with Crippen molar-refractivity contribution in [3.63, 3.8) is 0 Å². The molecule has 0 spiro atoms. The van der Waals surface area contributed by atoms with Crippen LogP contribution in [0.3, 0.4) is 0 Å². The van der Waals surface area contributed by atoms with Gasteiger partial charge in [0.1, 0.15) is 5.82 Å². The first-order chi connectivity index (χ1) is 11.4. The first kappa shape index (κ1) is 16.4. The molecule has 7 heteroatoms. The molecule has 126 valence electrons. The van der Waals surface area contributed by atoms with E-state index < -0.39 is 15.8 Å². The molecule has 1 aliphatic heterocycles. The van der Waals surface area contributed by atoms with Crippen LogP contribution in [-0.4, -0.2) is 26.6 Å². The Labute approximate surface area is 140 Å². The second-order valence-corrected chi connectivity index (χ2v) is 7.71. The van der Waals surface area contributed by atoms with Gasteiger partial charge in [-0.05, 0) is 55.3 Å². The highest BCUT2D eigenvalue weighted by atomic mass is 32.2. The van der Waals surface area contributed by atoms with Gasteiger partial charge in [-0.1, -0.05) is 6.07 Å². The average molecular weight is 348 g/mol. The van der Waals surface area contributed by atoms with Gasteiger partial charge in [0.2, 0.25) is 10.0 Å². The molecule has 0 atom stereocenters. The topological polar surface area (TPSA) is 66.5 Å². The van der Waals surface area contributed by atoms with E-state index in [9.17, 15) is 17.6 Å². The number of halogens is 1. The van der Waals surface area contributed by atoms with Gasteiger partial charge < -0.3 is 5.32 Å². The molecule has 0 fully saturated rings. The molecule has 0 saturated carbocycles. The fourth-order valence-electron chi connectivity index (χ4n) is 2.73. The van der Waals surface area contributed by atoms with Gasteiger partial charge in [0.25, 0.3) is 5.91 Å². The summed E-state index contributed by atoms with van der Waals surface area (Å²) in [6.07, 6.45) is 0.565. The Balaban J connectivity index is 1.83. The minimum Gasteiger partial charge on any atom is -0.322 e. The number of sulfonamides is 1. The van der Waals surface area contributed by atoms with Crippen LogP contribution >= 0.6 is 0 Å². The number of fused-ring (bicyclic) bond motifs is 1. The van der Waals surface area contributed by atoms with Crippen molar-refractivity contribution in [2.75, 3.05) is 21.9 Å². The summed E-state index contributed by atoms with van der Waals surface area (Å²) in [5, 5.41) is 2.63. The molecule has 1 N–H and O–H groups in total. The number of hydrogen-bond acceptors (Lipinski definition) is 3. The first-order valence-electron chi connectivity index (χ1n) is 7.61. The van der Waals surface area contributed by atoms with E-state index in [0.29, 0.717) is 29.9 Å². The summed E-state index contributed by atoms with van der Waals surface area (Å²) in [7, 11) is -3.31. The number of nitrogens with one attached hydrogen (secondary N) is 1. The van der Waals surface area contributed by atoms with E-state index in [1.807, 2.05) is 0 Å². The lowest BCUT2D eigenvalue weighted by molar-refractivity contribution is 0.102. The lowest BCUT2D eigenvalue weighted by atomic mass is 10.1. The highest BCUT2D eigenvalue weighted by molar-refractivity contribution is 7.92. The fourth-order valence-corrected chi connectivity index (χ4v) is 3.89. The quantitative estimate of drug-likeness (QED) is 0.924. The zero-order valence-corrected chi connectivity index (χ0v) is 13.9. The lowest BCUT2D eigenvalue weighted by Gasteiger charge is -2.18. The SMILES string of the molecule is CCS(=O)(=O)N1CCc2cc(C(=O)Nc3cccc(F)c3)ccc21. The molecule has 0 radical (unpaired) electrons. The van der Waals surface area contributed by atoms with Crippen molar-refractivity contribution < 1.29 is 17.6 Å². The largest absolute Gasteiger partial charge is 0.322 e. The summed E-state index contributed by atoms with van der Waals surface area (Å²) in [5.74, 6) is -0.754. The van der Waals surface area contributed by atoms with Gasteiger partial charge in [-0.25, -0.2) is 12.8 Å². The molecular weight excluding hydrogens is 331 g/mol. The van der Waals surface area contributed by atoms with Gasteiger partial charge in [0, 0.05) is 17.8 Å². The van der Waals surface area contributed by atoms with Crippen molar-refractivity contribution in [2.24, 2.45) is 0 Å². The van der Waals surface area contributed by atoms with Crippen molar-refractivity contribution in [2.45, 2.75) is 13.3 Å². The molecule has 0 bridgehead atoms. The molecule has 2 aromatic rings. The van der Waals surface area contributed by atoms with E-state index in [0.717, 1.165) is 5.56 Å². The zero-order chi connectivity index (χ0) is 17.3. The Kier molecular flexibility index (Phi) is 4.28. The van der Waals surface area contributed by atoms with Crippen LogP contribution in [0, 0.1) is 5.82 Å². The molecule has 3 rings (SSSR count). The molecule has 0 unspecified atom stereocenters. The van der Waals surface area contributed by atoms with Crippen molar-refractivity contribution >= 4 is 27.3 Å². The summed E-state index contributed by atoms with van der Waals surface area (Å²) < 4.78 is 38.7. The predicted molar refractivity (Wildman–Crippen MR) is 91.3 cm³/mol. The smallest absolute Gasteiger partial charge is 0.255 e. The van der Waals surface area contributed by atoms with Gasteiger partial charge in [-0.2, -0.15) is 0 Å². The van der Waals surface area contributed by atoms with E-state index in [1.54, 1.807) is 31.2 Å². The van der Waals surface area contributed by atoms with E-state index in [-0.39, 0.29) is 11.7 Å². The van der Waals surface area contributed by atoms with Crippen LogP contribution < -0.4 is 9.62 Å². The summed E-state index contributed by atoms with van der Waals surface area (Å²) >= 11 is 0. The molecule has 1 aliphatic rings. The summed E-state index contributed by atoms with van der Waals surface area (Å²) in [5.41, 5.74) is 2.22. The number of carbonyl (C=O) groups excluding carboxylic acids is 1. The van der Waals surface area contributed by atoms with Crippen LogP contribution in [0.4, 0.5) is 15.8 Å². The predicted octanol–water partition coefficient (Wildman–Crippen LogP) is 2.79. The number of nitrogens with zero attached hydrogens (tertiary/aromatic N) is 1. The van der Waals surface area contributed by atoms with Crippen molar-refractivity contribution in [3.8, 4) is 0 Å². The maximum Gasteiger partial charge on any atom is 0.255 e. The molecule has 0 aliphatic carbocycles. The normalized spacial score (nSPS) is 13.7. The van der Waals surface area contributed by atoms with Crippen LogP contribution in [0.5, 0.6) is 0 Å². The number of hydrogen-bond donors (Lipinski definition) is 1. The van der Waals surface area contributed by atoms with E-state index in [1.165, 1.54) is 22.5 Å². The van der Waals surface area contributed by atoms with Gasteiger partial charge >= 0.3 is 0 Å². The highest BCUT2D eigenvalue weighted by Gasteiger charge is 2.28. The second-order valence-electron chi connectivity index (χ2n) is 5.53. The van der Waals surface area contributed by atoms with Crippen molar-refractivity contribution in [1.29, 1.82) is 0 Å². The van der Waals surface area contributed by atoms with Crippen molar-refractivity contribution in [1.82, 2.24) is 0 Å². The minimum atomic E-state index is -3.31. The summed E-state index contributed by atoms with van der Waals surface area (Å²) in [4.78, 5) is 12.3. The Morgan fingerprint density at radius 2 is 2.04 bits per heavy atom. The third-order valence-corrected chi connectivity index (χ3v) is 5.76. The minimum absolute atomic E-state index is 0.0360. The van der Waals surface area contributed by atoms with Crippen LogP contribution in [0.25, 0.3) is 0 Å². The van der Waals surface area contributed by atoms with Crippen LogP contribution in [-0.2, 0) is 16.4 Å². The first-order valence-corrected chi connectivity index (χ1v) is 9.22. The van der Waals surface area contributed by atoms with Gasteiger partial charge in [-0.3, -0.25) is 9.10 Å². The van der Waals surface area contributed by atoms with Crippen LogP contribution in [0.2, 0.25) is 0 Å². The zero-order valence-electron chi connectivity index (χ0n) is 13.1. The fraction of sp³-hybridized carbons (Fsp3) is 0.235. The van der Waals surface area contributed by atoms with Crippen molar-refractivity contribution in [3.05, 3.63) is 59.4 Å². The van der Waals surface area contributed by atoms with E-state index in [4.69, 9.17) is 0 Å². The number of benzene rings is 2.